The molecule has 1 aliphatic carbocycles. The van der Waals surface area contributed by atoms with Gasteiger partial charge in [-0.2, -0.15) is 0 Å². The summed E-state index contributed by atoms with van der Waals surface area (Å²) in [7, 11) is 1.58. The minimum absolute atomic E-state index is 0.114. The average molecular weight is 479 g/mol. The van der Waals surface area contributed by atoms with Crippen LogP contribution in [0.25, 0.3) is 16.7 Å². The summed E-state index contributed by atoms with van der Waals surface area (Å²) in [4.78, 5) is 39.8. The van der Waals surface area contributed by atoms with Gasteiger partial charge in [-0.1, -0.05) is 34.1 Å². The van der Waals surface area contributed by atoms with Gasteiger partial charge in [0, 0.05) is 29.3 Å². The molecule has 7 nitrogen and oxygen atoms in total. The van der Waals surface area contributed by atoms with Gasteiger partial charge in [-0.05, 0) is 49.2 Å². The lowest BCUT2D eigenvalue weighted by molar-refractivity contribution is 0.637. The second-order valence-corrected chi connectivity index (χ2v) is 8.56. The third-order valence-corrected chi connectivity index (χ3v) is 6.03. The Morgan fingerprint density at radius 3 is 2.29 bits per heavy atom. The summed E-state index contributed by atoms with van der Waals surface area (Å²) in [5.41, 5.74) is 0.844. The molecule has 0 radical (unpaired) electrons. The van der Waals surface area contributed by atoms with Crippen molar-refractivity contribution in [3.63, 3.8) is 0 Å². The number of benzene rings is 2. The molecule has 0 spiro atoms. The maximum absolute atomic E-state index is 13.5. The molecule has 1 aliphatic rings. The highest BCUT2D eigenvalue weighted by Gasteiger charge is 2.30. The Morgan fingerprint density at radius 1 is 0.968 bits per heavy atom. The number of hydrogen-bond acceptors (Lipinski definition) is 4. The van der Waals surface area contributed by atoms with Gasteiger partial charge in [-0.3, -0.25) is 18.7 Å². The van der Waals surface area contributed by atoms with Gasteiger partial charge in [0.25, 0.3) is 11.1 Å². The zero-order valence-electron chi connectivity index (χ0n) is 16.7. The smallest absolute Gasteiger partial charge is 0.337 e. The number of fused-ring (bicyclic) bond motifs is 1. The molecule has 8 heteroatoms. The molecule has 1 N–H and O–H groups in total. The molecule has 2 heterocycles. The molecule has 1 fully saturated rings. The van der Waals surface area contributed by atoms with Gasteiger partial charge in [0.2, 0.25) is 0 Å². The molecule has 0 bridgehead atoms. The fraction of sp³-hybridized carbons (Fsp3) is 0.174. The number of nitrogens with zero attached hydrogens (tertiary/aromatic N) is 3. The number of anilines is 2. The van der Waals surface area contributed by atoms with E-state index in [-0.39, 0.29) is 22.8 Å². The lowest BCUT2D eigenvalue weighted by Crippen LogP contribution is -2.41. The third-order valence-electron chi connectivity index (χ3n) is 5.50. The van der Waals surface area contributed by atoms with Crippen molar-refractivity contribution in [1.29, 1.82) is 0 Å². The Balaban J connectivity index is 1.90. The minimum atomic E-state index is -0.429. The molecule has 0 atom stereocenters. The molecule has 2 aromatic carbocycles. The van der Waals surface area contributed by atoms with Gasteiger partial charge in [-0.15, -0.1) is 0 Å². The second-order valence-electron chi connectivity index (χ2n) is 7.65. The predicted octanol–water partition coefficient (Wildman–Crippen LogP) is 3.69. The normalized spacial score (nSPS) is 13.5. The van der Waals surface area contributed by atoms with Crippen molar-refractivity contribution >= 4 is 38.3 Å². The van der Waals surface area contributed by atoms with Gasteiger partial charge >= 0.3 is 5.69 Å². The van der Waals surface area contributed by atoms with Crippen LogP contribution in [0.3, 0.4) is 0 Å². The van der Waals surface area contributed by atoms with Crippen LogP contribution in [-0.4, -0.2) is 13.7 Å². The summed E-state index contributed by atoms with van der Waals surface area (Å²) >= 11 is 3.41. The second kappa shape index (κ2) is 7.39. The fourth-order valence-electron chi connectivity index (χ4n) is 3.82. The number of nitrogens with one attached hydrogen (secondary N) is 1. The Labute approximate surface area is 185 Å². The van der Waals surface area contributed by atoms with Crippen LogP contribution in [0.4, 0.5) is 11.4 Å². The van der Waals surface area contributed by atoms with E-state index >= 15 is 0 Å². The molecule has 0 saturated heterocycles. The highest BCUT2D eigenvalue weighted by molar-refractivity contribution is 9.10. The summed E-state index contributed by atoms with van der Waals surface area (Å²) in [6.45, 7) is 0. The molecule has 0 unspecified atom stereocenters. The highest BCUT2D eigenvalue weighted by atomic mass is 79.9. The topological polar surface area (TPSA) is 78.0 Å². The zero-order chi connectivity index (χ0) is 21.7. The van der Waals surface area contributed by atoms with E-state index < -0.39 is 5.69 Å². The van der Waals surface area contributed by atoms with E-state index in [2.05, 4.69) is 21.2 Å². The maximum Gasteiger partial charge on any atom is 0.337 e. The first-order chi connectivity index (χ1) is 15.0. The first-order valence-corrected chi connectivity index (χ1v) is 10.7. The van der Waals surface area contributed by atoms with Crippen LogP contribution < -0.4 is 22.1 Å². The molecule has 1 saturated carbocycles. The molecule has 0 amide bonds. The summed E-state index contributed by atoms with van der Waals surface area (Å²) in [5.74, 6) is 0. The molecular weight excluding hydrogens is 460 g/mol. The largest absolute Gasteiger partial charge is 0.355 e. The van der Waals surface area contributed by atoms with Crippen molar-refractivity contribution in [2.24, 2.45) is 7.05 Å². The Bertz CT molecular complexity index is 1480. The van der Waals surface area contributed by atoms with E-state index in [1.165, 1.54) is 19.8 Å². The number of para-hydroxylation sites is 1. The highest BCUT2D eigenvalue weighted by Crippen LogP contribution is 2.33. The van der Waals surface area contributed by atoms with Gasteiger partial charge in [0.15, 0.2) is 0 Å². The van der Waals surface area contributed by atoms with Gasteiger partial charge in [-0.25, -0.2) is 9.36 Å². The number of hydrogen-bond donors (Lipinski definition) is 1. The SMILES string of the molecule is Cn1c(=O)cc(Nc2ccc(Br)cc2)c2c(=O)n(C3CC3)c(=O)n(-c3ccccc3)c21. The Kier molecular flexibility index (Phi) is 4.66. The van der Waals surface area contributed by atoms with Crippen LogP contribution in [0.2, 0.25) is 0 Å². The van der Waals surface area contributed by atoms with Crippen LogP contribution >= 0.6 is 15.9 Å². The molecular formula is C23H19BrN4O3. The monoisotopic (exact) mass is 478 g/mol. The number of pyridine rings is 1. The van der Waals surface area contributed by atoms with Crippen LogP contribution in [0, 0.1) is 0 Å². The molecule has 31 heavy (non-hydrogen) atoms. The fourth-order valence-corrected chi connectivity index (χ4v) is 4.08. The van der Waals surface area contributed by atoms with Crippen molar-refractivity contribution < 1.29 is 0 Å². The van der Waals surface area contributed by atoms with Gasteiger partial charge in [0.05, 0.1) is 11.4 Å². The summed E-state index contributed by atoms with van der Waals surface area (Å²) in [6, 6.07) is 17.8. The zero-order valence-corrected chi connectivity index (χ0v) is 18.3. The van der Waals surface area contributed by atoms with Crippen molar-refractivity contribution in [1.82, 2.24) is 13.7 Å². The van der Waals surface area contributed by atoms with Crippen LogP contribution in [0.5, 0.6) is 0 Å². The molecule has 4 aromatic rings. The van der Waals surface area contributed by atoms with Crippen LogP contribution in [-0.2, 0) is 7.05 Å². The van der Waals surface area contributed by atoms with Gasteiger partial charge < -0.3 is 5.32 Å². The summed E-state index contributed by atoms with van der Waals surface area (Å²) in [5, 5.41) is 3.51. The van der Waals surface area contributed by atoms with E-state index in [1.54, 1.807) is 19.2 Å². The molecule has 0 aliphatic heterocycles. The number of rotatable bonds is 4. The number of aryl methyl sites for hydroxylation is 1. The average Bonchev–Trinajstić information content (AvgIpc) is 3.59. The maximum atomic E-state index is 13.5. The van der Waals surface area contributed by atoms with Gasteiger partial charge in [0.1, 0.15) is 11.0 Å². The Hall–Kier alpha value is -3.39. The lowest BCUT2D eigenvalue weighted by Gasteiger charge is -2.18. The molecule has 2 aromatic heterocycles. The molecule has 5 rings (SSSR count). The number of aromatic nitrogens is 3. The number of halogens is 1. The van der Waals surface area contributed by atoms with Crippen molar-refractivity contribution in [2.45, 2.75) is 18.9 Å². The third kappa shape index (κ3) is 3.33. The quantitative estimate of drug-likeness (QED) is 0.485. The van der Waals surface area contributed by atoms with Crippen LogP contribution in [0.1, 0.15) is 18.9 Å². The predicted molar refractivity (Wildman–Crippen MR) is 125 cm³/mol. The van der Waals surface area contributed by atoms with Crippen LogP contribution in [0.15, 0.2) is 79.5 Å². The standard InChI is InChI=1S/C23H19BrN4O3/c1-26-19(29)13-18(25-15-9-7-14(24)8-10-15)20-21(26)27(16-5-3-2-4-6-16)23(31)28(22(20)30)17-11-12-17/h2-10,13,17,25H,11-12H2,1H3. The van der Waals surface area contributed by atoms with Crippen molar-refractivity contribution in [3.8, 4) is 5.69 Å². The minimum Gasteiger partial charge on any atom is -0.355 e. The van der Waals surface area contributed by atoms with E-state index in [4.69, 9.17) is 0 Å². The summed E-state index contributed by atoms with van der Waals surface area (Å²) < 4.78 is 5.06. The first kappa shape index (κ1) is 19.6. The van der Waals surface area contributed by atoms with E-state index in [1.807, 2.05) is 42.5 Å². The summed E-state index contributed by atoms with van der Waals surface area (Å²) in [6.07, 6.45) is 1.58. The van der Waals surface area contributed by atoms with E-state index in [9.17, 15) is 14.4 Å². The van der Waals surface area contributed by atoms with E-state index in [0.29, 0.717) is 16.8 Å². The van der Waals surface area contributed by atoms with Crippen molar-refractivity contribution in [2.75, 3.05) is 5.32 Å². The van der Waals surface area contributed by atoms with Crippen molar-refractivity contribution in [3.05, 3.63) is 96.3 Å². The first-order valence-electron chi connectivity index (χ1n) is 9.95. The molecule has 156 valence electrons. The Morgan fingerprint density at radius 2 is 1.65 bits per heavy atom. The lowest BCUT2D eigenvalue weighted by atomic mass is 10.2. The van der Waals surface area contributed by atoms with E-state index in [0.717, 1.165) is 23.0 Å².